The standard InChI is InChI=1S/C22H21F2N3O5/c23-15-9-13(10-16(24)12-15)5-7-25-21(30)32-22(31)6-8-27(20(22)29)17-2-3-18-14(11-17)1-4-19(28)26-18/h2-3,9-12,31H,1,4-8H2,(H,25,30)(H,26,28)/t22-/m1/s1. The van der Waals surface area contributed by atoms with E-state index in [1.807, 2.05) is 0 Å². The Morgan fingerprint density at radius 1 is 1.16 bits per heavy atom. The molecule has 1 atom stereocenters. The summed E-state index contributed by atoms with van der Waals surface area (Å²) in [7, 11) is 0. The van der Waals surface area contributed by atoms with Gasteiger partial charge in [0, 0.05) is 43.4 Å². The number of rotatable bonds is 5. The minimum atomic E-state index is -2.32. The summed E-state index contributed by atoms with van der Waals surface area (Å²) >= 11 is 0. The summed E-state index contributed by atoms with van der Waals surface area (Å²) in [6.07, 6.45) is -0.126. The first-order chi connectivity index (χ1) is 15.2. The van der Waals surface area contributed by atoms with Crippen LogP contribution in [0.25, 0.3) is 0 Å². The fraction of sp³-hybridized carbons (Fsp3) is 0.318. The van der Waals surface area contributed by atoms with Gasteiger partial charge in [-0.1, -0.05) is 0 Å². The van der Waals surface area contributed by atoms with Crippen molar-refractivity contribution in [3.05, 3.63) is 59.2 Å². The zero-order chi connectivity index (χ0) is 22.9. The van der Waals surface area contributed by atoms with Gasteiger partial charge in [0.1, 0.15) is 11.6 Å². The Morgan fingerprint density at radius 2 is 1.91 bits per heavy atom. The molecule has 168 valence electrons. The zero-order valence-corrected chi connectivity index (χ0v) is 17.0. The van der Waals surface area contributed by atoms with Gasteiger partial charge in [-0.25, -0.2) is 13.6 Å². The van der Waals surface area contributed by atoms with Crippen LogP contribution in [-0.2, 0) is 27.2 Å². The van der Waals surface area contributed by atoms with E-state index in [2.05, 4.69) is 10.6 Å². The SMILES string of the molecule is O=C1CCc2cc(N3CC[C@@](O)(OC(=O)NCCc4cc(F)cc(F)c4)C3=O)ccc2N1. The minimum absolute atomic E-state index is 0.00768. The second-order valence-electron chi connectivity index (χ2n) is 7.72. The molecule has 2 aliphatic rings. The molecule has 3 amide bonds. The summed E-state index contributed by atoms with van der Waals surface area (Å²) < 4.78 is 31.4. The number of benzene rings is 2. The smallest absolute Gasteiger partial charge is 0.407 e. The molecule has 0 aliphatic carbocycles. The Balaban J connectivity index is 1.35. The van der Waals surface area contributed by atoms with Gasteiger partial charge in [0.2, 0.25) is 5.91 Å². The number of alkyl carbamates (subject to hydrolysis) is 1. The van der Waals surface area contributed by atoms with E-state index < -0.39 is 29.4 Å². The van der Waals surface area contributed by atoms with E-state index in [0.717, 1.165) is 23.8 Å². The molecule has 32 heavy (non-hydrogen) atoms. The third kappa shape index (κ3) is 4.54. The van der Waals surface area contributed by atoms with Crippen LogP contribution in [0.15, 0.2) is 36.4 Å². The van der Waals surface area contributed by atoms with Crippen molar-refractivity contribution >= 4 is 29.3 Å². The highest BCUT2D eigenvalue weighted by Gasteiger charge is 2.49. The van der Waals surface area contributed by atoms with E-state index in [9.17, 15) is 28.3 Å². The highest BCUT2D eigenvalue weighted by atomic mass is 19.1. The fourth-order valence-electron chi connectivity index (χ4n) is 3.82. The zero-order valence-electron chi connectivity index (χ0n) is 17.0. The molecule has 0 bridgehead atoms. The van der Waals surface area contributed by atoms with Gasteiger partial charge < -0.3 is 25.4 Å². The molecule has 0 spiro atoms. The number of aliphatic hydroxyl groups is 1. The number of fused-ring (bicyclic) bond motifs is 1. The highest BCUT2D eigenvalue weighted by Crippen LogP contribution is 2.33. The van der Waals surface area contributed by atoms with Crippen molar-refractivity contribution in [2.45, 2.75) is 31.5 Å². The van der Waals surface area contributed by atoms with Gasteiger partial charge in [0.25, 0.3) is 11.7 Å². The molecule has 2 heterocycles. The van der Waals surface area contributed by atoms with Crippen LogP contribution in [0.2, 0.25) is 0 Å². The maximum absolute atomic E-state index is 13.2. The van der Waals surface area contributed by atoms with E-state index >= 15 is 0 Å². The minimum Gasteiger partial charge on any atom is -0.407 e. The Morgan fingerprint density at radius 3 is 2.66 bits per heavy atom. The van der Waals surface area contributed by atoms with E-state index in [-0.39, 0.29) is 31.8 Å². The highest BCUT2D eigenvalue weighted by molar-refractivity contribution is 6.02. The van der Waals surface area contributed by atoms with Gasteiger partial charge in [-0.2, -0.15) is 0 Å². The number of carbonyl (C=O) groups is 3. The first-order valence-electron chi connectivity index (χ1n) is 10.1. The van der Waals surface area contributed by atoms with Gasteiger partial charge in [0.15, 0.2) is 0 Å². The van der Waals surface area contributed by atoms with Gasteiger partial charge in [-0.15, -0.1) is 0 Å². The van der Waals surface area contributed by atoms with Crippen LogP contribution in [0.5, 0.6) is 0 Å². The van der Waals surface area contributed by atoms with E-state index in [0.29, 0.717) is 29.8 Å². The van der Waals surface area contributed by atoms with Gasteiger partial charge in [-0.05, 0) is 54.3 Å². The largest absolute Gasteiger partial charge is 0.410 e. The molecule has 3 N–H and O–H groups in total. The van der Waals surface area contributed by atoms with Crippen LogP contribution in [0.1, 0.15) is 24.0 Å². The van der Waals surface area contributed by atoms with Crippen LogP contribution in [0, 0.1) is 11.6 Å². The second kappa shape index (κ2) is 8.54. The summed E-state index contributed by atoms with van der Waals surface area (Å²) in [5.41, 5.74) is 2.42. The number of anilines is 2. The van der Waals surface area contributed by atoms with Crippen LogP contribution in [-0.4, -0.2) is 41.9 Å². The van der Waals surface area contributed by atoms with Crippen molar-refractivity contribution in [2.24, 2.45) is 0 Å². The van der Waals surface area contributed by atoms with E-state index in [1.165, 1.54) is 4.90 Å². The molecular weight excluding hydrogens is 424 g/mol. The lowest BCUT2D eigenvalue weighted by atomic mass is 10.0. The topological polar surface area (TPSA) is 108 Å². The average Bonchev–Trinajstić information content (AvgIpc) is 3.01. The van der Waals surface area contributed by atoms with Gasteiger partial charge in [-0.3, -0.25) is 9.59 Å². The number of amides is 3. The van der Waals surface area contributed by atoms with Crippen LogP contribution >= 0.6 is 0 Å². The number of ether oxygens (including phenoxy) is 1. The number of nitrogens with one attached hydrogen (secondary N) is 2. The molecule has 2 aromatic rings. The summed E-state index contributed by atoms with van der Waals surface area (Å²) in [5.74, 6) is -4.62. The summed E-state index contributed by atoms with van der Waals surface area (Å²) in [6.45, 7) is 0.128. The van der Waals surface area contributed by atoms with Crippen molar-refractivity contribution in [1.82, 2.24) is 5.32 Å². The van der Waals surface area contributed by atoms with Crippen molar-refractivity contribution in [1.29, 1.82) is 0 Å². The Bertz CT molecular complexity index is 1070. The van der Waals surface area contributed by atoms with Crippen LogP contribution in [0.4, 0.5) is 25.0 Å². The molecule has 1 saturated heterocycles. The molecule has 0 aromatic heterocycles. The average molecular weight is 445 g/mol. The fourth-order valence-corrected chi connectivity index (χ4v) is 3.82. The molecule has 0 radical (unpaired) electrons. The molecular formula is C22H21F2N3O5. The number of halogens is 2. The van der Waals surface area contributed by atoms with E-state index in [4.69, 9.17) is 4.74 Å². The normalized spacial score (nSPS) is 20.0. The molecule has 2 aliphatic heterocycles. The molecule has 1 fully saturated rings. The molecule has 0 unspecified atom stereocenters. The maximum atomic E-state index is 13.2. The number of aryl methyl sites for hydroxylation is 1. The van der Waals surface area contributed by atoms with Crippen molar-refractivity contribution in [3.63, 3.8) is 0 Å². The molecule has 8 nitrogen and oxygen atoms in total. The van der Waals surface area contributed by atoms with Gasteiger partial charge >= 0.3 is 6.09 Å². The number of hydrogen-bond acceptors (Lipinski definition) is 5. The van der Waals surface area contributed by atoms with Crippen molar-refractivity contribution < 1.29 is 33.0 Å². The third-order valence-corrected chi connectivity index (χ3v) is 5.42. The van der Waals surface area contributed by atoms with Crippen molar-refractivity contribution in [2.75, 3.05) is 23.3 Å². The summed E-state index contributed by atoms with van der Waals surface area (Å²) in [4.78, 5) is 37.7. The Labute approximate surface area is 182 Å². The van der Waals surface area contributed by atoms with Crippen molar-refractivity contribution in [3.8, 4) is 0 Å². The lowest BCUT2D eigenvalue weighted by Gasteiger charge is -2.24. The number of nitrogens with zero attached hydrogens (tertiary/aromatic N) is 1. The lowest BCUT2D eigenvalue weighted by molar-refractivity contribution is -0.175. The number of hydrogen-bond donors (Lipinski definition) is 3. The predicted octanol–water partition coefficient (Wildman–Crippen LogP) is 2.24. The first-order valence-corrected chi connectivity index (χ1v) is 10.1. The number of carbonyl (C=O) groups excluding carboxylic acids is 3. The third-order valence-electron chi connectivity index (χ3n) is 5.42. The monoisotopic (exact) mass is 445 g/mol. The lowest BCUT2D eigenvalue weighted by Crippen LogP contribution is -2.46. The van der Waals surface area contributed by atoms with E-state index in [1.54, 1.807) is 18.2 Å². The predicted molar refractivity (Wildman–Crippen MR) is 110 cm³/mol. The van der Waals surface area contributed by atoms with Crippen LogP contribution < -0.4 is 15.5 Å². The quantitative estimate of drug-likeness (QED) is 0.612. The Kier molecular flexibility index (Phi) is 5.79. The summed E-state index contributed by atoms with van der Waals surface area (Å²) in [5, 5.41) is 15.7. The first kappa shape index (κ1) is 21.7. The van der Waals surface area contributed by atoms with Crippen LogP contribution in [0.3, 0.4) is 0 Å². The molecule has 10 heteroatoms. The second-order valence-corrected chi connectivity index (χ2v) is 7.72. The molecule has 0 saturated carbocycles. The summed E-state index contributed by atoms with van der Waals surface area (Å²) in [6, 6.07) is 8.13. The molecule has 2 aromatic carbocycles. The Hall–Kier alpha value is -3.53. The van der Waals surface area contributed by atoms with Gasteiger partial charge in [0.05, 0.1) is 0 Å². The maximum Gasteiger partial charge on any atom is 0.410 e. The molecule has 4 rings (SSSR count).